The molecular formula is C18H17N5O3S. The molecule has 0 saturated carbocycles. The highest BCUT2D eigenvalue weighted by Gasteiger charge is 2.27. The number of hydrogen-bond donors (Lipinski definition) is 2. The van der Waals surface area contributed by atoms with Gasteiger partial charge in [0.05, 0.1) is 6.20 Å². The molecule has 2 amide bonds. The maximum Gasteiger partial charge on any atom is 0.287 e. The van der Waals surface area contributed by atoms with Crippen molar-refractivity contribution in [1.82, 2.24) is 19.9 Å². The van der Waals surface area contributed by atoms with Crippen LogP contribution in [0.4, 0.5) is 0 Å². The molecule has 0 aromatic carbocycles. The van der Waals surface area contributed by atoms with Crippen LogP contribution in [-0.4, -0.2) is 38.2 Å². The van der Waals surface area contributed by atoms with Crippen LogP contribution in [0.15, 0.2) is 47.4 Å². The molecular weight excluding hydrogens is 366 g/mol. The van der Waals surface area contributed by atoms with Crippen LogP contribution in [-0.2, 0) is 16.0 Å². The number of imidazole rings is 1. The Morgan fingerprint density at radius 1 is 1.26 bits per heavy atom. The largest absolute Gasteiger partial charge is 0.363 e. The molecule has 9 heteroatoms. The zero-order chi connectivity index (χ0) is 19.4. The first-order valence-electron chi connectivity index (χ1n) is 8.08. The van der Waals surface area contributed by atoms with Crippen molar-refractivity contribution in [1.29, 1.82) is 0 Å². The van der Waals surface area contributed by atoms with Gasteiger partial charge in [0.15, 0.2) is 0 Å². The van der Waals surface area contributed by atoms with E-state index in [1.807, 2.05) is 16.8 Å². The van der Waals surface area contributed by atoms with Gasteiger partial charge in [-0.25, -0.2) is 9.97 Å². The van der Waals surface area contributed by atoms with Crippen LogP contribution in [0.3, 0.4) is 0 Å². The molecule has 0 radical (unpaired) electrons. The number of aromatic nitrogens is 3. The smallest absolute Gasteiger partial charge is 0.287 e. The lowest BCUT2D eigenvalue weighted by molar-refractivity contribution is -0.137. The number of nitrogens with one attached hydrogen (secondary N) is 1. The van der Waals surface area contributed by atoms with E-state index in [1.54, 1.807) is 35.9 Å². The fraction of sp³-hybridized carbons (Fsp3) is 0.167. The van der Waals surface area contributed by atoms with Crippen LogP contribution in [0, 0.1) is 6.92 Å². The molecule has 3 aromatic rings. The predicted octanol–water partition coefficient (Wildman–Crippen LogP) is 1.03. The standard InChI is InChI=1S/C18H17N5O3S/c1-11-21-9-14(23(11)15-4-2-3-6-20-15)18(26)22-13(16(24)17(19)25)8-12-5-7-27-10-12/h2-7,9-10,13H,8H2,1H3,(H2,19,25)(H,22,26). The highest BCUT2D eigenvalue weighted by molar-refractivity contribution is 7.07. The van der Waals surface area contributed by atoms with Crippen LogP contribution in [0.25, 0.3) is 5.82 Å². The van der Waals surface area contributed by atoms with Crippen molar-refractivity contribution in [3.63, 3.8) is 0 Å². The van der Waals surface area contributed by atoms with Crippen molar-refractivity contribution in [2.45, 2.75) is 19.4 Å². The fourth-order valence-corrected chi connectivity index (χ4v) is 3.32. The van der Waals surface area contributed by atoms with E-state index in [1.165, 1.54) is 17.5 Å². The molecule has 3 heterocycles. The van der Waals surface area contributed by atoms with Crippen molar-refractivity contribution in [2.24, 2.45) is 5.73 Å². The van der Waals surface area contributed by atoms with Gasteiger partial charge in [0, 0.05) is 12.6 Å². The van der Waals surface area contributed by atoms with E-state index in [4.69, 9.17) is 5.73 Å². The Labute approximate surface area is 159 Å². The molecule has 0 aliphatic rings. The van der Waals surface area contributed by atoms with Crippen molar-refractivity contribution in [3.05, 3.63) is 64.5 Å². The third-order valence-electron chi connectivity index (χ3n) is 3.93. The third kappa shape index (κ3) is 4.09. The Hall–Kier alpha value is -3.33. The van der Waals surface area contributed by atoms with Gasteiger partial charge in [-0.2, -0.15) is 11.3 Å². The van der Waals surface area contributed by atoms with Crippen molar-refractivity contribution >= 4 is 28.9 Å². The average Bonchev–Trinajstić information content (AvgIpc) is 3.30. The minimum absolute atomic E-state index is 0.174. The molecule has 3 N–H and O–H groups in total. The number of primary amides is 1. The van der Waals surface area contributed by atoms with Crippen LogP contribution >= 0.6 is 11.3 Å². The summed E-state index contributed by atoms with van der Waals surface area (Å²) in [7, 11) is 0. The summed E-state index contributed by atoms with van der Waals surface area (Å²) in [5.74, 6) is -1.40. The zero-order valence-electron chi connectivity index (χ0n) is 14.5. The highest BCUT2D eigenvalue weighted by atomic mass is 32.1. The maximum atomic E-state index is 12.8. The van der Waals surface area contributed by atoms with Gasteiger partial charge in [-0.1, -0.05) is 6.07 Å². The number of nitrogens with zero attached hydrogens (tertiary/aromatic N) is 3. The molecule has 3 aromatic heterocycles. The quantitative estimate of drug-likeness (QED) is 0.591. The Morgan fingerprint density at radius 2 is 2.07 bits per heavy atom. The molecule has 0 fully saturated rings. The summed E-state index contributed by atoms with van der Waals surface area (Å²) in [5, 5.41) is 6.30. The molecule has 0 aliphatic carbocycles. The second-order valence-electron chi connectivity index (χ2n) is 5.80. The van der Waals surface area contributed by atoms with E-state index >= 15 is 0 Å². The molecule has 27 heavy (non-hydrogen) atoms. The number of ketones is 1. The highest BCUT2D eigenvalue weighted by Crippen LogP contribution is 2.14. The van der Waals surface area contributed by atoms with Gasteiger partial charge in [-0.15, -0.1) is 0 Å². The Bertz CT molecular complexity index is 966. The number of thiophene rings is 1. The number of hydrogen-bond acceptors (Lipinski definition) is 6. The fourth-order valence-electron chi connectivity index (χ4n) is 2.64. The molecule has 8 nitrogen and oxygen atoms in total. The first-order valence-corrected chi connectivity index (χ1v) is 9.03. The zero-order valence-corrected chi connectivity index (χ0v) is 15.3. The second kappa shape index (κ2) is 7.92. The first kappa shape index (κ1) is 18.5. The topological polar surface area (TPSA) is 120 Å². The lowest BCUT2D eigenvalue weighted by Crippen LogP contribution is -2.47. The minimum atomic E-state index is -1.09. The molecule has 0 bridgehead atoms. The van der Waals surface area contributed by atoms with Crippen molar-refractivity contribution in [2.75, 3.05) is 0 Å². The predicted molar refractivity (Wildman–Crippen MR) is 99.6 cm³/mol. The van der Waals surface area contributed by atoms with Gasteiger partial charge in [0.2, 0.25) is 5.78 Å². The second-order valence-corrected chi connectivity index (χ2v) is 6.58. The molecule has 0 spiro atoms. The molecule has 1 atom stereocenters. The average molecular weight is 383 g/mol. The number of carbonyl (C=O) groups is 3. The number of amides is 2. The summed E-state index contributed by atoms with van der Waals surface area (Å²) in [4.78, 5) is 44.8. The Balaban J connectivity index is 1.88. The van der Waals surface area contributed by atoms with Crippen molar-refractivity contribution in [3.8, 4) is 5.82 Å². The maximum absolute atomic E-state index is 12.8. The number of pyridine rings is 1. The van der Waals surface area contributed by atoms with E-state index in [2.05, 4.69) is 15.3 Å². The van der Waals surface area contributed by atoms with Gasteiger partial charge >= 0.3 is 0 Å². The molecule has 138 valence electrons. The van der Waals surface area contributed by atoms with Crippen LogP contribution < -0.4 is 11.1 Å². The van der Waals surface area contributed by atoms with E-state index in [9.17, 15) is 14.4 Å². The van der Waals surface area contributed by atoms with Gasteiger partial charge in [0.1, 0.15) is 23.4 Å². The Morgan fingerprint density at radius 3 is 2.70 bits per heavy atom. The summed E-state index contributed by atoms with van der Waals surface area (Å²) >= 11 is 1.46. The summed E-state index contributed by atoms with van der Waals surface area (Å²) < 4.78 is 1.58. The first-order chi connectivity index (χ1) is 13.0. The SMILES string of the molecule is Cc1ncc(C(=O)NC(Cc2ccsc2)C(=O)C(N)=O)n1-c1ccccn1. The summed E-state index contributed by atoms with van der Waals surface area (Å²) in [6.07, 6.45) is 3.18. The van der Waals surface area contributed by atoms with Gasteiger partial charge in [-0.3, -0.25) is 19.0 Å². The van der Waals surface area contributed by atoms with Gasteiger partial charge in [-0.05, 0) is 41.4 Å². The van der Waals surface area contributed by atoms with Gasteiger partial charge < -0.3 is 11.1 Å². The summed E-state index contributed by atoms with van der Waals surface area (Å²) in [5.41, 5.74) is 6.18. The van der Waals surface area contributed by atoms with E-state index < -0.39 is 23.6 Å². The van der Waals surface area contributed by atoms with Crippen LogP contribution in [0.5, 0.6) is 0 Å². The molecule has 3 rings (SSSR count). The molecule has 0 saturated heterocycles. The molecule has 0 aliphatic heterocycles. The number of aryl methyl sites for hydroxylation is 1. The van der Waals surface area contributed by atoms with Crippen molar-refractivity contribution < 1.29 is 14.4 Å². The number of Topliss-reactive ketones (excluding diaryl/α,β-unsaturated/α-hetero) is 1. The lowest BCUT2D eigenvalue weighted by Gasteiger charge is -2.16. The third-order valence-corrected chi connectivity index (χ3v) is 4.67. The summed E-state index contributed by atoms with van der Waals surface area (Å²) in [6.45, 7) is 1.74. The van der Waals surface area contributed by atoms with Crippen LogP contribution in [0.1, 0.15) is 21.9 Å². The Kier molecular flexibility index (Phi) is 5.41. The monoisotopic (exact) mass is 383 g/mol. The lowest BCUT2D eigenvalue weighted by atomic mass is 10.0. The van der Waals surface area contributed by atoms with E-state index in [0.29, 0.717) is 11.6 Å². The minimum Gasteiger partial charge on any atom is -0.363 e. The summed E-state index contributed by atoms with van der Waals surface area (Å²) in [6, 6.07) is 6.05. The molecule has 1 unspecified atom stereocenters. The number of rotatable bonds is 7. The van der Waals surface area contributed by atoms with E-state index in [-0.39, 0.29) is 12.1 Å². The van der Waals surface area contributed by atoms with E-state index in [0.717, 1.165) is 5.56 Å². The number of carbonyl (C=O) groups excluding carboxylic acids is 3. The number of nitrogens with two attached hydrogens (primary N) is 1. The van der Waals surface area contributed by atoms with Crippen LogP contribution in [0.2, 0.25) is 0 Å². The normalized spacial score (nSPS) is 11.7. The van der Waals surface area contributed by atoms with Gasteiger partial charge in [0.25, 0.3) is 11.8 Å².